The second kappa shape index (κ2) is 25.9. The lowest BCUT2D eigenvalue weighted by atomic mass is 9.81. The zero-order chi connectivity index (χ0) is 37.6. The molecule has 0 N–H and O–H groups in total. The second-order valence-corrected chi connectivity index (χ2v) is 16.1. The van der Waals surface area contributed by atoms with Crippen molar-refractivity contribution in [3.05, 3.63) is 119 Å². The molecule has 0 aromatic heterocycles. The fourth-order valence-electron chi connectivity index (χ4n) is 6.79. The first kappa shape index (κ1) is 44.4. The molecule has 4 rings (SSSR count). The average molecular weight is 969 g/mol. The van der Waals surface area contributed by atoms with Crippen molar-refractivity contribution in [3.63, 3.8) is 0 Å². The summed E-state index contributed by atoms with van der Waals surface area (Å²) in [5.74, 6) is 6.12. The minimum absolute atomic E-state index is 0.576. The summed E-state index contributed by atoms with van der Waals surface area (Å²) in [6, 6.07) is 33.8. The van der Waals surface area contributed by atoms with Crippen molar-refractivity contribution in [2.45, 2.75) is 51.4 Å². The van der Waals surface area contributed by atoms with Crippen molar-refractivity contribution in [2.24, 2.45) is 23.7 Å². The molecule has 0 heterocycles. The van der Waals surface area contributed by atoms with Gasteiger partial charge in [-0.25, -0.2) is 0 Å². The van der Waals surface area contributed by atoms with Crippen LogP contribution < -0.4 is 18.9 Å². The Morgan fingerprint density at radius 2 is 0.673 bits per heavy atom. The monoisotopic (exact) mass is 964 g/mol. The van der Waals surface area contributed by atoms with Crippen molar-refractivity contribution >= 4 is 63.7 Å². The third-order valence-corrected chi connectivity index (χ3v) is 12.5. The molecular formula is C44H56Br4O4. The lowest BCUT2D eigenvalue weighted by molar-refractivity contribution is 0.335. The zero-order valence-electron chi connectivity index (χ0n) is 31.2. The third-order valence-electron chi connectivity index (χ3n) is 9.67. The fourth-order valence-corrected chi connectivity index (χ4v) is 8.95. The molecule has 0 radical (unpaired) electrons. The number of methoxy groups -OCH3 is 4. The highest BCUT2D eigenvalue weighted by Crippen LogP contribution is 2.31. The molecule has 4 aromatic rings. The molecule has 0 unspecified atom stereocenters. The van der Waals surface area contributed by atoms with Crippen LogP contribution in [0.5, 0.6) is 23.0 Å². The average Bonchev–Trinajstić information content (AvgIpc) is 3.19. The Balaban J connectivity index is 0.000000280. The molecule has 4 atom stereocenters. The number of halogens is 4. The highest BCUT2D eigenvalue weighted by molar-refractivity contribution is 9.09. The maximum atomic E-state index is 5.39. The molecular weight excluding hydrogens is 912 g/mol. The summed E-state index contributed by atoms with van der Waals surface area (Å²) in [5, 5.41) is 4.10. The maximum Gasteiger partial charge on any atom is 0.119 e. The van der Waals surface area contributed by atoms with Crippen LogP contribution in [-0.4, -0.2) is 49.8 Å². The van der Waals surface area contributed by atoms with E-state index < -0.39 is 0 Å². The Bertz CT molecular complexity index is 1440. The first-order valence-corrected chi connectivity index (χ1v) is 22.6. The molecule has 4 nitrogen and oxygen atoms in total. The SMILES string of the molecule is COc1cccc(C[C@@H](CBr)[C@H](CCCBr)Cc2cccc(OC)c2)c1.COc1cccc(C[C@H](CBr)[C@@H](CCCBr)Cc2cccc(OC)c2)c1. The van der Waals surface area contributed by atoms with E-state index in [1.807, 2.05) is 24.3 Å². The van der Waals surface area contributed by atoms with E-state index in [9.17, 15) is 0 Å². The molecule has 0 bridgehead atoms. The quantitative estimate of drug-likeness (QED) is 0.0736. The molecule has 0 saturated carbocycles. The Morgan fingerprint density at radius 3 is 0.904 bits per heavy atom. The van der Waals surface area contributed by atoms with E-state index in [0.717, 1.165) is 70.0 Å². The Morgan fingerprint density at radius 1 is 0.404 bits per heavy atom. The molecule has 0 aliphatic rings. The first-order chi connectivity index (χ1) is 25.4. The van der Waals surface area contributed by atoms with Gasteiger partial charge in [0, 0.05) is 21.3 Å². The van der Waals surface area contributed by atoms with Crippen LogP contribution in [-0.2, 0) is 25.7 Å². The highest BCUT2D eigenvalue weighted by atomic mass is 79.9. The lowest BCUT2D eigenvalue weighted by Crippen LogP contribution is -2.21. The molecule has 0 aliphatic carbocycles. The highest BCUT2D eigenvalue weighted by Gasteiger charge is 2.23. The van der Waals surface area contributed by atoms with E-state index in [4.69, 9.17) is 18.9 Å². The molecule has 0 spiro atoms. The number of benzene rings is 4. The van der Waals surface area contributed by atoms with Gasteiger partial charge in [0.25, 0.3) is 0 Å². The van der Waals surface area contributed by atoms with Crippen LogP contribution in [0, 0.1) is 23.7 Å². The summed E-state index contributed by atoms with van der Waals surface area (Å²) < 4.78 is 21.6. The molecule has 284 valence electrons. The van der Waals surface area contributed by atoms with Crippen molar-refractivity contribution in [2.75, 3.05) is 49.8 Å². The van der Waals surface area contributed by atoms with Crippen LogP contribution in [0.3, 0.4) is 0 Å². The van der Waals surface area contributed by atoms with Gasteiger partial charge in [0.15, 0.2) is 0 Å². The largest absolute Gasteiger partial charge is 0.497 e. The van der Waals surface area contributed by atoms with Gasteiger partial charge in [-0.2, -0.15) is 0 Å². The van der Waals surface area contributed by atoms with Crippen LogP contribution >= 0.6 is 63.7 Å². The summed E-state index contributed by atoms with van der Waals surface area (Å²) in [6.45, 7) is 0. The topological polar surface area (TPSA) is 36.9 Å². The van der Waals surface area contributed by atoms with E-state index >= 15 is 0 Å². The van der Waals surface area contributed by atoms with Gasteiger partial charge in [-0.3, -0.25) is 0 Å². The van der Waals surface area contributed by atoms with Gasteiger partial charge in [0.05, 0.1) is 28.4 Å². The summed E-state index contributed by atoms with van der Waals surface area (Å²) in [6.07, 6.45) is 9.06. The van der Waals surface area contributed by atoms with Crippen molar-refractivity contribution in [3.8, 4) is 23.0 Å². The van der Waals surface area contributed by atoms with Crippen molar-refractivity contribution in [1.29, 1.82) is 0 Å². The van der Waals surface area contributed by atoms with Crippen LogP contribution in [0.15, 0.2) is 97.1 Å². The summed E-state index contributed by atoms with van der Waals surface area (Å²) in [5.41, 5.74) is 5.37. The van der Waals surface area contributed by atoms with Gasteiger partial charge in [0.1, 0.15) is 23.0 Å². The first-order valence-electron chi connectivity index (χ1n) is 18.2. The third kappa shape index (κ3) is 15.8. The van der Waals surface area contributed by atoms with Crippen LogP contribution in [0.4, 0.5) is 0 Å². The van der Waals surface area contributed by atoms with Crippen LogP contribution in [0.25, 0.3) is 0 Å². The minimum Gasteiger partial charge on any atom is -0.497 e. The van der Waals surface area contributed by atoms with Crippen molar-refractivity contribution in [1.82, 2.24) is 0 Å². The Kier molecular flexibility index (Phi) is 22.1. The lowest BCUT2D eigenvalue weighted by Gasteiger charge is -2.26. The molecule has 52 heavy (non-hydrogen) atoms. The number of alkyl halides is 4. The van der Waals surface area contributed by atoms with E-state index in [0.29, 0.717) is 23.7 Å². The normalized spacial score (nSPS) is 13.2. The number of rotatable bonds is 22. The van der Waals surface area contributed by atoms with E-state index in [-0.39, 0.29) is 0 Å². The van der Waals surface area contributed by atoms with Gasteiger partial charge >= 0.3 is 0 Å². The second-order valence-electron chi connectivity index (χ2n) is 13.2. The van der Waals surface area contributed by atoms with Gasteiger partial charge in [0.2, 0.25) is 0 Å². The smallest absolute Gasteiger partial charge is 0.119 e. The van der Waals surface area contributed by atoms with E-state index in [1.165, 1.54) is 47.9 Å². The van der Waals surface area contributed by atoms with Gasteiger partial charge in [-0.15, -0.1) is 0 Å². The minimum atomic E-state index is 0.576. The molecule has 8 heteroatoms. The molecule has 0 aliphatic heterocycles. The summed E-state index contributed by atoms with van der Waals surface area (Å²) in [4.78, 5) is 0. The Labute approximate surface area is 347 Å². The molecule has 0 saturated heterocycles. The molecule has 0 fully saturated rings. The standard InChI is InChI=1S/2C22H28Br2O2/c2*1-25-21-9-3-6-17(14-21)12-19(8-5-11-23)20(16-24)13-18-7-4-10-22(15-18)26-2/h2*3-4,6-7,9-10,14-15,19-20H,5,8,11-13,16H2,1-2H3/t2*19-,20+/m10/s1. The van der Waals surface area contributed by atoms with Crippen LogP contribution in [0.1, 0.15) is 47.9 Å². The number of ether oxygens (including phenoxy) is 4. The van der Waals surface area contributed by atoms with E-state index in [1.54, 1.807) is 28.4 Å². The van der Waals surface area contributed by atoms with Gasteiger partial charge in [-0.05, 0) is 146 Å². The molecule has 4 aromatic carbocycles. The Hall–Kier alpha value is -2.00. The predicted octanol–water partition coefficient (Wildman–Crippen LogP) is 12.6. The van der Waals surface area contributed by atoms with Crippen molar-refractivity contribution < 1.29 is 18.9 Å². The molecule has 0 amide bonds. The summed E-state index contributed by atoms with van der Waals surface area (Å²) in [7, 11) is 6.91. The van der Waals surface area contributed by atoms with E-state index in [2.05, 4.69) is 137 Å². The predicted molar refractivity (Wildman–Crippen MR) is 234 cm³/mol. The van der Waals surface area contributed by atoms with Gasteiger partial charge < -0.3 is 18.9 Å². The summed E-state index contributed by atoms with van der Waals surface area (Å²) >= 11 is 14.7. The number of hydrogen-bond acceptors (Lipinski definition) is 4. The number of hydrogen-bond donors (Lipinski definition) is 0. The fraction of sp³-hybridized carbons (Fsp3) is 0.455. The van der Waals surface area contributed by atoms with Crippen LogP contribution in [0.2, 0.25) is 0 Å². The van der Waals surface area contributed by atoms with Gasteiger partial charge in [-0.1, -0.05) is 112 Å². The maximum absolute atomic E-state index is 5.39. The zero-order valence-corrected chi connectivity index (χ0v) is 37.5.